The highest BCUT2D eigenvalue weighted by molar-refractivity contribution is 5.68. The van der Waals surface area contributed by atoms with Crippen molar-refractivity contribution in [2.45, 2.75) is 32.9 Å². The van der Waals surface area contributed by atoms with Crippen LogP contribution in [-0.4, -0.2) is 27.5 Å². The fourth-order valence-corrected chi connectivity index (χ4v) is 1.95. The van der Waals surface area contributed by atoms with Crippen LogP contribution in [0.2, 0.25) is 0 Å². The van der Waals surface area contributed by atoms with Gasteiger partial charge in [0.1, 0.15) is 0 Å². The molecule has 25 heavy (non-hydrogen) atoms. The van der Waals surface area contributed by atoms with E-state index in [1.807, 2.05) is 0 Å². The summed E-state index contributed by atoms with van der Waals surface area (Å²) in [5.41, 5.74) is -4.38. The van der Waals surface area contributed by atoms with Gasteiger partial charge in [0.25, 0.3) is 6.43 Å². The molecule has 140 valence electrons. The molecule has 1 rings (SSSR count). The second kappa shape index (κ2) is 7.49. The van der Waals surface area contributed by atoms with Crippen LogP contribution in [0.5, 0.6) is 11.5 Å². The molecule has 2 N–H and O–H groups in total. The Balaban J connectivity index is 3.90. The van der Waals surface area contributed by atoms with E-state index in [2.05, 4.69) is 14.5 Å². The van der Waals surface area contributed by atoms with Crippen LogP contribution in [0.25, 0.3) is 0 Å². The molecule has 0 saturated heterocycles. The number of ether oxygens (including phenoxy) is 2. The number of rotatable bonds is 5. The zero-order valence-electron chi connectivity index (χ0n) is 12.7. The lowest BCUT2D eigenvalue weighted by Gasteiger charge is -2.20. The lowest BCUT2D eigenvalue weighted by Crippen LogP contribution is -2.20. The summed E-state index contributed by atoms with van der Waals surface area (Å²) in [5, 5.41) is 17.3. The molecule has 0 aliphatic heterocycles. The summed E-state index contributed by atoms with van der Waals surface area (Å²) in [6, 6.07) is 0. The van der Waals surface area contributed by atoms with Gasteiger partial charge in [0.05, 0.1) is 0 Å². The Kier molecular flexibility index (Phi) is 6.10. The summed E-state index contributed by atoms with van der Waals surface area (Å²) < 4.78 is 73.8. The highest BCUT2D eigenvalue weighted by Gasteiger charge is 2.42. The van der Waals surface area contributed by atoms with E-state index >= 15 is 0 Å². The maximum atomic E-state index is 13.1. The second-order valence-electron chi connectivity index (χ2n) is 5.11. The summed E-state index contributed by atoms with van der Waals surface area (Å²) in [7, 11) is 0. The molecule has 0 atom stereocenters. The van der Waals surface area contributed by atoms with E-state index in [9.17, 15) is 31.5 Å². The topological polar surface area (TPSA) is 106 Å². The number of pyridine rings is 1. The number of hydrogen-bond donors (Lipinski definition) is 2. The molecule has 12 heteroatoms. The van der Waals surface area contributed by atoms with Gasteiger partial charge in [-0.25, -0.2) is 23.4 Å². The van der Waals surface area contributed by atoms with E-state index in [1.165, 1.54) is 13.8 Å². The minimum Gasteiger partial charge on any atom is -0.449 e. The molecule has 0 aromatic carbocycles. The molecule has 1 heterocycles. The number of alkyl halides is 5. The Labute approximate surface area is 137 Å². The molecule has 0 aliphatic carbocycles. The molecule has 0 spiro atoms. The normalized spacial score (nSPS) is 11.7. The summed E-state index contributed by atoms with van der Waals surface area (Å²) in [6.45, 7) is 2.95. The maximum absolute atomic E-state index is 13.1. The van der Waals surface area contributed by atoms with Crippen molar-refractivity contribution in [2.75, 3.05) is 0 Å². The zero-order valence-corrected chi connectivity index (χ0v) is 12.7. The fraction of sp³-hybridized carbons (Fsp3) is 0.462. The van der Waals surface area contributed by atoms with Crippen LogP contribution >= 0.6 is 0 Å². The van der Waals surface area contributed by atoms with Gasteiger partial charge in [-0.1, -0.05) is 13.8 Å². The molecular formula is C13H12F5NO6. The zero-order chi connectivity index (χ0) is 19.5. The Morgan fingerprint density at radius 3 is 1.92 bits per heavy atom. The van der Waals surface area contributed by atoms with E-state index in [-0.39, 0.29) is 0 Å². The molecular weight excluding hydrogens is 361 g/mol. The van der Waals surface area contributed by atoms with E-state index in [0.29, 0.717) is 0 Å². The van der Waals surface area contributed by atoms with Crippen LogP contribution in [-0.2, 0) is 12.6 Å². The van der Waals surface area contributed by atoms with Crippen molar-refractivity contribution in [1.29, 1.82) is 0 Å². The number of carbonyl (C=O) groups is 2. The van der Waals surface area contributed by atoms with Crippen molar-refractivity contribution in [1.82, 2.24) is 4.98 Å². The molecule has 0 bridgehead atoms. The highest BCUT2D eigenvalue weighted by atomic mass is 19.4. The Morgan fingerprint density at radius 1 is 1.08 bits per heavy atom. The van der Waals surface area contributed by atoms with Crippen molar-refractivity contribution in [2.24, 2.45) is 5.92 Å². The molecule has 7 nitrogen and oxygen atoms in total. The summed E-state index contributed by atoms with van der Waals surface area (Å²) in [6.07, 6.45) is -13.6. The van der Waals surface area contributed by atoms with Crippen LogP contribution in [0.15, 0.2) is 0 Å². The van der Waals surface area contributed by atoms with Crippen LogP contribution < -0.4 is 9.47 Å². The standard InChI is InChI=1S/C13H12F5NO6/c1-4(2)3-5-7(24-11(20)21)6(10(14)15)19-9(13(16,17)18)8(5)25-12(22)23/h4,10H,3H2,1-2H3,(H,20,21)(H,22,23). The van der Waals surface area contributed by atoms with Crippen molar-refractivity contribution < 1.29 is 51.2 Å². The number of aromatic nitrogens is 1. The van der Waals surface area contributed by atoms with Crippen molar-refractivity contribution >= 4 is 12.3 Å². The van der Waals surface area contributed by atoms with Crippen molar-refractivity contribution in [3.05, 3.63) is 17.0 Å². The SMILES string of the molecule is CC(C)Cc1c(OC(=O)O)c(C(F)F)nc(C(F)(F)F)c1OC(=O)O. The Bertz CT molecular complexity index is 674. The smallest absolute Gasteiger partial charge is 0.449 e. The first-order valence-corrected chi connectivity index (χ1v) is 6.58. The number of hydrogen-bond acceptors (Lipinski definition) is 5. The van der Waals surface area contributed by atoms with Crippen LogP contribution in [0.1, 0.15) is 37.2 Å². The first-order valence-electron chi connectivity index (χ1n) is 6.58. The summed E-state index contributed by atoms with van der Waals surface area (Å²) in [4.78, 5) is 24.1. The van der Waals surface area contributed by atoms with Gasteiger partial charge < -0.3 is 19.7 Å². The predicted molar refractivity (Wildman–Crippen MR) is 70.0 cm³/mol. The predicted octanol–water partition coefficient (Wildman–Crippen LogP) is 4.35. The maximum Gasteiger partial charge on any atom is 0.511 e. The molecule has 0 saturated carbocycles. The van der Waals surface area contributed by atoms with Gasteiger partial charge in [-0.3, -0.25) is 0 Å². The van der Waals surface area contributed by atoms with Crippen molar-refractivity contribution in [3.63, 3.8) is 0 Å². The fourth-order valence-electron chi connectivity index (χ4n) is 1.95. The van der Waals surface area contributed by atoms with Gasteiger partial charge in [0.2, 0.25) is 0 Å². The van der Waals surface area contributed by atoms with E-state index < -0.39 is 65.7 Å². The van der Waals surface area contributed by atoms with E-state index in [1.54, 1.807) is 0 Å². The van der Waals surface area contributed by atoms with Gasteiger partial charge in [0, 0.05) is 5.56 Å². The highest BCUT2D eigenvalue weighted by Crippen LogP contribution is 2.45. The average Bonchev–Trinajstić information content (AvgIpc) is 2.38. The van der Waals surface area contributed by atoms with Crippen LogP contribution in [0, 0.1) is 5.92 Å². The van der Waals surface area contributed by atoms with Crippen LogP contribution in [0.3, 0.4) is 0 Å². The molecule has 0 fully saturated rings. The largest absolute Gasteiger partial charge is 0.511 e. The average molecular weight is 373 g/mol. The van der Waals surface area contributed by atoms with Gasteiger partial charge in [0.15, 0.2) is 22.9 Å². The summed E-state index contributed by atoms with van der Waals surface area (Å²) in [5.74, 6) is -3.06. The van der Waals surface area contributed by atoms with Gasteiger partial charge in [-0.15, -0.1) is 0 Å². The van der Waals surface area contributed by atoms with Gasteiger partial charge >= 0.3 is 18.5 Å². The third-order valence-electron chi connectivity index (χ3n) is 2.69. The Hall–Kier alpha value is -2.66. The second-order valence-corrected chi connectivity index (χ2v) is 5.11. The molecule has 0 unspecified atom stereocenters. The lowest BCUT2D eigenvalue weighted by atomic mass is 9.99. The monoisotopic (exact) mass is 373 g/mol. The van der Waals surface area contributed by atoms with Gasteiger partial charge in [-0.2, -0.15) is 13.2 Å². The van der Waals surface area contributed by atoms with Crippen LogP contribution in [0.4, 0.5) is 31.5 Å². The van der Waals surface area contributed by atoms with E-state index in [4.69, 9.17) is 10.2 Å². The first-order chi connectivity index (χ1) is 11.3. The number of halogens is 5. The summed E-state index contributed by atoms with van der Waals surface area (Å²) >= 11 is 0. The molecule has 0 radical (unpaired) electrons. The minimum atomic E-state index is -5.33. The third-order valence-corrected chi connectivity index (χ3v) is 2.69. The molecule has 0 amide bonds. The Morgan fingerprint density at radius 2 is 1.56 bits per heavy atom. The minimum absolute atomic E-state index is 0.434. The van der Waals surface area contributed by atoms with Crippen molar-refractivity contribution in [3.8, 4) is 11.5 Å². The molecule has 1 aromatic rings. The number of carboxylic acid groups (broad SMARTS) is 2. The quantitative estimate of drug-likeness (QED) is 0.584. The molecule has 0 aliphatic rings. The first kappa shape index (κ1) is 20.4. The van der Waals surface area contributed by atoms with Gasteiger partial charge in [-0.05, 0) is 12.3 Å². The third kappa shape index (κ3) is 5.16. The van der Waals surface area contributed by atoms with E-state index in [0.717, 1.165) is 0 Å². The lowest BCUT2D eigenvalue weighted by molar-refractivity contribution is -0.142. The number of nitrogens with zero attached hydrogens (tertiary/aromatic N) is 1. The molecule has 1 aromatic heterocycles.